The number of aromatic amines is 1. The van der Waals surface area contributed by atoms with Crippen LogP contribution in [0.5, 0.6) is 0 Å². The van der Waals surface area contributed by atoms with Crippen LogP contribution in [0.3, 0.4) is 0 Å². The Bertz CT molecular complexity index is 698. The quantitative estimate of drug-likeness (QED) is 0.743. The van der Waals surface area contributed by atoms with Crippen molar-refractivity contribution in [3.8, 4) is 0 Å². The molecule has 0 aliphatic heterocycles. The average molecular weight is 285 g/mol. The zero-order valence-corrected chi connectivity index (χ0v) is 12.6. The number of thiazole rings is 1. The van der Waals surface area contributed by atoms with Crippen LogP contribution in [0.4, 0.5) is 0 Å². The first-order chi connectivity index (χ1) is 9.78. The molecule has 0 radical (unpaired) electrons. The van der Waals surface area contributed by atoms with Crippen LogP contribution in [0, 0.1) is 0 Å². The van der Waals surface area contributed by atoms with Crippen LogP contribution < -0.4 is 5.32 Å². The Balaban J connectivity index is 1.71. The fourth-order valence-electron chi connectivity index (χ4n) is 2.33. The van der Waals surface area contributed by atoms with E-state index in [1.807, 2.05) is 12.4 Å². The van der Waals surface area contributed by atoms with Crippen molar-refractivity contribution in [2.75, 3.05) is 0 Å². The lowest BCUT2D eigenvalue weighted by molar-refractivity contribution is 0.573. The average Bonchev–Trinajstić information content (AvgIpc) is 3.13. The third-order valence-electron chi connectivity index (χ3n) is 3.56. The highest BCUT2D eigenvalue weighted by molar-refractivity contribution is 7.11. The molecule has 0 saturated heterocycles. The van der Waals surface area contributed by atoms with Crippen LogP contribution in [0.1, 0.15) is 35.3 Å². The predicted molar refractivity (Wildman–Crippen MR) is 85.0 cm³/mol. The van der Waals surface area contributed by atoms with Crippen molar-refractivity contribution in [1.82, 2.24) is 15.3 Å². The van der Waals surface area contributed by atoms with Gasteiger partial charge in [0.1, 0.15) is 5.01 Å². The Morgan fingerprint density at radius 2 is 2.25 bits per heavy atom. The van der Waals surface area contributed by atoms with E-state index >= 15 is 0 Å². The summed E-state index contributed by atoms with van der Waals surface area (Å²) in [5, 5.41) is 5.99. The molecule has 0 fully saturated rings. The number of aromatic nitrogens is 2. The SMILES string of the molecule is CCc1cnc(C(C)NCc2cccc3cc[nH]c23)s1. The van der Waals surface area contributed by atoms with Gasteiger partial charge in [-0.2, -0.15) is 0 Å². The molecule has 0 saturated carbocycles. The number of nitrogens with zero attached hydrogens (tertiary/aromatic N) is 1. The van der Waals surface area contributed by atoms with Crippen molar-refractivity contribution in [3.05, 3.63) is 52.1 Å². The van der Waals surface area contributed by atoms with Gasteiger partial charge >= 0.3 is 0 Å². The Labute approximate surface area is 123 Å². The number of para-hydroxylation sites is 1. The van der Waals surface area contributed by atoms with Gasteiger partial charge < -0.3 is 10.3 Å². The minimum atomic E-state index is 0.283. The number of fused-ring (bicyclic) bond motifs is 1. The molecule has 2 N–H and O–H groups in total. The highest BCUT2D eigenvalue weighted by atomic mass is 32.1. The molecule has 0 aliphatic carbocycles. The smallest absolute Gasteiger partial charge is 0.109 e. The molecule has 0 amide bonds. The van der Waals surface area contributed by atoms with Crippen molar-refractivity contribution < 1.29 is 0 Å². The van der Waals surface area contributed by atoms with Gasteiger partial charge in [-0.1, -0.05) is 25.1 Å². The maximum atomic E-state index is 4.50. The standard InChI is InChI=1S/C16H19N3S/c1-3-14-10-19-16(20-14)11(2)18-9-13-6-4-5-12-7-8-17-15(12)13/h4-8,10-11,17-18H,3,9H2,1-2H3. The van der Waals surface area contributed by atoms with Gasteiger partial charge in [-0.05, 0) is 30.4 Å². The number of aryl methyl sites for hydroxylation is 1. The van der Waals surface area contributed by atoms with Gasteiger partial charge in [-0.25, -0.2) is 4.98 Å². The fourth-order valence-corrected chi connectivity index (χ4v) is 3.22. The maximum absolute atomic E-state index is 4.50. The van der Waals surface area contributed by atoms with Gasteiger partial charge in [-0.3, -0.25) is 0 Å². The molecule has 3 nitrogen and oxygen atoms in total. The molecule has 4 heteroatoms. The van der Waals surface area contributed by atoms with Crippen LogP contribution in [0.25, 0.3) is 10.9 Å². The molecule has 1 atom stereocenters. The van der Waals surface area contributed by atoms with Gasteiger partial charge in [0.15, 0.2) is 0 Å². The van der Waals surface area contributed by atoms with Crippen molar-refractivity contribution >= 4 is 22.2 Å². The van der Waals surface area contributed by atoms with Crippen molar-refractivity contribution in [2.45, 2.75) is 32.9 Å². The first kappa shape index (κ1) is 13.3. The van der Waals surface area contributed by atoms with E-state index in [9.17, 15) is 0 Å². The predicted octanol–water partition coefficient (Wildman–Crippen LogP) is 4.04. The molecule has 2 heterocycles. The summed E-state index contributed by atoms with van der Waals surface area (Å²) >= 11 is 1.80. The highest BCUT2D eigenvalue weighted by Crippen LogP contribution is 2.22. The van der Waals surface area contributed by atoms with Crippen molar-refractivity contribution in [2.24, 2.45) is 0 Å². The monoisotopic (exact) mass is 285 g/mol. The van der Waals surface area contributed by atoms with Gasteiger partial charge in [-0.15, -0.1) is 11.3 Å². The molecule has 20 heavy (non-hydrogen) atoms. The zero-order chi connectivity index (χ0) is 13.9. The van der Waals surface area contributed by atoms with Gasteiger partial charge in [0, 0.05) is 29.3 Å². The normalized spacial score (nSPS) is 12.9. The number of hydrogen-bond acceptors (Lipinski definition) is 3. The number of hydrogen-bond donors (Lipinski definition) is 2. The molecule has 2 aromatic heterocycles. The number of H-pyrrole nitrogens is 1. The van der Waals surface area contributed by atoms with E-state index in [4.69, 9.17) is 0 Å². The second-order valence-corrected chi connectivity index (χ2v) is 6.13. The largest absolute Gasteiger partial charge is 0.361 e. The van der Waals surface area contributed by atoms with Crippen LogP contribution in [-0.2, 0) is 13.0 Å². The molecule has 3 aromatic rings. The molecule has 0 aliphatic rings. The van der Waals surface area contributed by atoms with Crippen LogP contribution >= 0.6 is 11.3 Å². The van der Waals surface area contributed by atoms with Crippen LogP contribution in [0.15, 0.2) is 36.7 Å². The highest BCUT2D eigenvalue weighted by Gasteiger charge is 2.10. The second kappa shape index (κ2) is 5.77. The Hall–Kier alpha value is -1.65. The van der Waals surface area contributed by atoms with E-state index < -0.39 is 0 Å². The third kappa shape index (κ3) is 2.62. The van der Waals surface area contributed by atoms with E-state index in [1.54, 1.807) is 11.3 Å². The lowest BCUT2D eigenvalue weighted by Gasteiger charge is -2.11. The molecule has 1 aromatic carbocycles. The molecular weight excluding hydrogens is 266 g/mol. The summed E-state index contributed by atoms with van der Waals surface area (Å²) in [6.45, 7) is 5.19. The molecule has 3 rings (SSSR count). The minimum Gasteiger partial charge on any atom is -0.361 e. The molecular formula is C16H19N3S. The summed E-state index contributed by atoms with van der Waals surface area (Å²) in [6, 6.07) is 8.79. The summed E-state index contributed by atoms with van der Waals surface area (Å²) in [5.74, 6) is 0. The molecule has 0 spiro atoms. The molecule has 0 bridgehead atoms. The Kier molecular flexibility index (Phi) is 3.85. The minimum absolute atomic E-state index is 0.283. The lowest BCUT2D eigenvalue weighted by atomic mass is 10.1. The number of benzene rings is 1. The van der Waals surface area contributed by atoms with Crippen molar-refractivity contribution in [1.29, 1.82) is 0 Å². The van der Waals surface area contributed by atoms with Crippen LogP contribution in [0.2, 0.25) is 0 Å². The number of rotatable bonds is 5. The maximum Gasteiger partial charge on any atom is 0.109 e. The second-order valence-electron chi connectivity index (χ2n) is 4.98. The Morgan fingerprint density at radius 1 is 1.35 bits per heavy atom. The fraction of sp³-hybridized carbons (Fsp3) is 0.312. The Morgan fingerprint density at radius 3 is 3.05 bits per heavy atom. The van der Waals surface area contributed by atoms with E-state index in [1.165, 1.54) is 26.4 Å². The van der Waals surface area contributed by atoms with Gasteiger partial charge in [0.05, 0.1) is 6.04 Å². The summed E-state index contributed by atoms with van der Waals surface area (Å²) < 4.78 is 0. The van der Waals surface area contributed by atoms with Crippen molar-refractivity contribution in [3.63, 3.8) is 0 Å². The zero-order valence-electron chi connectivity index (χ0n) is 11.8. The van der Waals surface area contributed by atoms with Gasteiger partial charge in [0.25, 0.3) is 0 Å². The first-order valence-corrected chi connectivity index (χ1v) is 7.82. The van der Waals surface area contributed by atoms with E-state index in [-0.39, 0.29) is 6.04 Å². The lowest BCUT2D eigenvalue weighted by Crippen LogP contribution is -2.18. The molecule has 104 valence electrons. The third-order valence-corrected chi connectivity index (χ3v) is 4.89. The van der Waals surface area contributed by atoms with Gasteiger partial charge in [0.2, 0.25) is 0 Å². The summed E-state index contributed by atoms with van der Waals surface area (Å²) in [6.07, 6.45) is 5.04. The first-order valence-electron chi connectivity index (χ1n) is 7.01. The van der Waals surface area contributed by atoms with E-state index in [0.717, 1.165) is 13.0 Å². The topological polar surface area (TPSA) is 40.7 Å². The molecule has 1 unspecified atom stereocenters. The number of nitrogens with one attached hydrogen (secondary N) is 2. The summed E-state index contributed by atoms with van der Waals surface area (Å²) in [5.41, 5.74) is 2.52. The van der Waals surface area contributed by atoms with E-state index in [2.05, 4.69) is 53.4 Å². The summed E-state index contributed by atoms with van der Waals surface area (Å²) in [7, 11) is 0. The van der Waals surface area contributed by atoms with E-state index in [0.29, 0.717) is 0 Å². The summed E-state index contributed by atoms with van der Waals surface area (Å²) in [4.78, 5) is 9.16. The van der Waals surface area contributed by atoms with Crippen LogP contribution in [-0.4, -0.2) is 9.97 Å².